The number of nitrogens with zero attached hydrogens (tertiary/aromatic N) is 3. The Balaban J connectivity index is 2.31. The second-order valence-corrected chi connectivity index (χ2v) is 10.4. The first-order valence-electron chi connectivity index (χ1n) is 8.40. The number of hydrogen-bond acceptors (Lipinski definition) is 8. The molecule has 1 aromatic heterocycles. The monoisotopic (exact) mass is 565 g/mol. The third-order valence-corrected chi connectivity index (χ3v) is 4.48. The molecular weight excluding hydrogens is 555 g/mol. The van der Waals surface area contributed by atoms with Gasteiger partial charge in [0, 0.05) is 5.56 Å². The molecule has 0 saturated heterocycles. The fraction of sp³-hybridized carbons (Fsp3) is 0.353. The lowest BCUT2D eigenvalue weighted by Gasteiger charge is -2.16. The summed E-state index contributed by atoms with van der Waals surface area (Å²) in [6.45, 7) is -0.290. The van der Waals surface area contributed by atoms with Gasteiger partial charge in [-0.05, 0) is 18.2 Å². The molecule has 174 valence electrons. The molecule has 0 fully saturated rings. The number of rotatable bonds is 8. The van der Waals surface area contributed by atoms with Gasteiger partial charge in [0.25, 0.3) is 0 Å². The van der Waals surface area contributed by atoms with E-state index in [1.165, 1.54) is 13.2 Å². The van der Waals surface area contributed by atoms with Gasteiger partial charge in [0.05, 0.1) is 7.11 Å². The fourth-order valence-corrected chi connectivity index (χ4v) is 2.68. The largest absolute Gasteiger partial charge is 0.493 e. The minimum Gasteiger partial charge on any atom is -0.493 e. The molecule has 0 bridgehead atoms. The minimum atomic E-state index is -2.02. The summed E-state index contributed by atoms with van der Waals surface area (Å²) in [5, 5.41) is 8.55. The third kappa shape index (κ3) is 7.83. The van der Waals surface area contributed by atoms with Crippen LogP contribution in [0.5, 0.6) is 11.5 Å². The standard InChI is InChI=1S/C17H13Cl6N3O6/c1-30-9-3-2-8(6-10(9)31-4-5-32-12(29)7-11(27)28)13-24-14(16(18,19)20)26-15(25-13)17(21,22)23/h2-3,6H,4-5,7H2,1H3,(H,27,28). The molecule has 15 heteroatoms. The SMILES string of the molecule is COc1ccc(-c2nc(C(Cl)(Cl)Cl)nc(C(Cl)(Cl)Cl)n2)cc1OCCOC(=O)CC(=O)O. The predicted octanol–water partition coefficient (Wildman–Crippen LogP) is 4.60. The number of methoxy groups -OCH3 is 1. The van der Waals surface area contributed by atoms with Crippen molar-refractivity contribution in [3.8, 4) is 22.9 Å². The Morgan fingerprint density at radius 1 is 0.938 bits per heavy atom. The smallest absolute Gasteiger partial charge is 0.317 e. The first-order valence-corrected chi connectivity index (χ1v) is 10.7. The second kappa shape index (κ2) is 11.1. The Hall–Kier alpha value is -1.49. The van der Waals surface area contributed by atoms with Crippen LogP contribution in [0.4, 0.5) is 0 Å². The summed E-state index contributed by atoms with van der Waals surface area (Å²) in [7, 11) is 1.42. The van der Waals surface area contributed by atoms with Crippen molar-refractivity contribution in [1.29, 1.82) is 0 Å². The van der Waals surface area contributed by atoms with Gasteiger partial charge < -0.3 is 19.3 Å². The van der Waals surface area contributed by atoms with E-state index in [0.29, 0.717) is 11.3 Å². The van der Waals surface area contributed by atoms with Crippen LogP contribution in [-0.4, -0.2) is 52.3 Å². The number of esters is 1. The Bertz CT molecular complexity index is 963. The van der Waals surface area contributed by atoms with E-state index in [1.54, 1.807) is 12.1 Å². The van der Waals surface area contributed by atoms with Gasteiger partial charge in [-0.1, -0.05) is 69.6 Å². The van der Waals surface area contributed by atoms with Gasteiger partial charge >= 0.3 is 11.9 Å². The van der Waals surface area contributed by atoms with Crippen LogP contribution in [-0.2, 0) is 21.9 Å². The van der Waals surface area contributed by atoms with E-state index in [1.807, 2.05) is 0 Å². The lowest BCUT2D eigenvalue weighted by atomic mass is 10.2. The van der Waals surface area contributed by atoms with Crippen molar-refractivity contribution >= 4 is 81.5 Å². The lowest BCUT2D eigenvalue weighted by Crippen LogP contribution is -2.17. The first kappa shape index (κ1) is 26.8. The van der Waals surface area contributed by atoms with Crippen molar-refractivity contribution in [3.05, 3.63) is 29.8 Å². The van der Waals surface area contributed by atoms with Gasteiger partial charge in [-0.3, -0.25) is 9.59 Å². The van der Waals surface area contributed by atoms with Crippen LogP contribution in [0.3, 0.4) is 0 Å². The molecule has 0 amide bonds. The molecule has 1 heterocycles. The van der Waals surface area contributed by atoms with E-state index in [9.17, 15) is 9.59 Å². The maximum absolute atomic E-state index is 11.3. The summed E-state index contributed by atoms with van der Waals surface area (Å²) in [4.78, 5) is 33.9. The number of carbonyl (C=O) groups is 2. The summed E-state index contributed by atoms with van der Waals surface area (Å²) in [5.74, 6) is -2.15. The number of carboxylic acid groups (broad SMARTS) is 1. The van der Waals surface area contributed by atoms with Crippen molar-refractivity contribution in [2.75, 3.05) is 20.3 Å². The highest BCUT2D eigenvalue weighted by Crippen LogP contribution is 2.41. The van der Waals surface area contributed by atoms with Crippen LogP contribution in [0.1, 0.15) is 18.1 Å². The molecule has 9 nitrogen and oxygen atoms in total. The van der Waals surface area contributed by atoms with Gasteiger partial charge in [-0.15, -0.1) is 0 Å². The van der Waals surface area contributed by atoms with Gasteiger partial charge in [0.2, 0.25) is 7.59 Å². The average Bonchev–Trinajstić information content (AvgIpc) is 2.69. The molecule has 0 unspecified atom stereocenters. The number of benzene rings is 1. The summed E-state index contributed by atoms with van der Waals surface area (Å²) < 4.78 is 11.5. The van der Waals surface area contributed by atoms with Gasteiger partial charge in [0.1, 0.15) is 19.6 Å². The minimum absolute atomic E-state index is 0.0167. The topological polar surface area (TPSA) is 121 Å². The van der Waals surface area contributed by atoms with Gasteiger partial charge in [0.15, 0.2) is 29.0 Å². The number of alkyl halides is 6. The zero-order valence-electron chi connectivity index (χ0n) is 16.0. The lowest BCUT2D eigenvalue weighted by molar-refractivity contribution is -0.151. The van der Waals surface area contributed by atoms with E-state index in [4.69, 9.17) is 88.9 Å². The molecule has 32 heavy (non-hydrogen) atoms. The molecule has 0 atom stereocenters. The molecular formula is C17H13Cl6N3O6. The van der Waals surface area contributed by atoms with E-state index < -0.39 is 25.9 Å². The Kier molecular flexibility index (Phi) is 9.27. The van der Waals surface area contributed by atoms with Crippen LogP contribution in [0.2, 0.25) is 0 Å². The average molecular weight is 568 g/mol. The van der Waals surface area contributed by atoms with E-state index >= 15 is 0 Å². The van der Waals surface area contributed by atoms with Crippen LogP contribution in [0.25, 0.3) is 11.4 Å². The Morgan fingerprint density at radius 3 is 2.03 bits per heavy atom. The quantitative estimate of drug-likeness (QED) is 0.211. The van der Waals surface area contributed by atoms with E-state index in [2.05, 4.69) is 15.0 Å². The van der Waals surface area contributed by atoms with Crippen molar-refractivity contribution < 1.29 is 28.9 Å². The zero-order chi connectivity index (χ0) is 24.1. The number of halogens is 6. The first-order chi connectivity index (χ1) is 14.8. The molecule has 0 aliphatic carbocycles. The summed E-state index contributed by atoms with van der Waals surface area (Å²) in [6, 6.07) is 4.63. The fourth-order valence-electron chi connectivity index (χ4n) is 2.17. The molecule has 2 rings (SSSR count). The zero-order valence-corrected chi connectivity index (χ0v) is 20.5. The molecule has 1 N–H and O–H groups in total. The summed E-state index contributed by atoms with van der Waals surface area (Å²) in [5.41, 5.74) is 0.372. The van der Waals surface area contributed by atoms with Crippen LogP contribution >= 0.6 is 69.6 Å². The predicted molar refractivity (Wildman–Crippen MR) is 119 cm³/mol. The molecule has 2 aromatic rings. The molecule has 0 saturated carbocycles. The number of aliphatic carboxylic acids is 1. The molecule has 1 aromatic carbocycles. The van der Waals surface area contributed by atoms with Gasteiger partial charge in [-0.25, -0.2) is 15.0 Å². The van der Waals surface area contributed by atoms with Gasteiger partial charge in [-0.2, -0.15) is 0 Å². The summed E-state index contributed by atoms with van der Waals surface area (Å²) >= 11 is 35.3. The molecule has 0 aliphatic heterocycles. The highest BCUT2D eigenvalue weighted by molar-refractivity contribution is 6.67. The van der Waals surface area contributed by atoms with Crippen molar-refractivity contribution in [2.45, 2.75) is 14.0 Å². The number of aromatic nitrogens is 3. The third-order valence-electron chi connectivity index (χ3n) is 3.46. The number of carboxylic acids is 1. The van der Waals surface area contributed by atoms with Crippen molar-refractivity contribution in [1.82, 2.24) is 15.0 Å². The Morgan fingerprint density at radius 2 is 1.53 bits per heavy atom. The van der Waals surface area contributed by atoms with Crippen LogP contribution < -0.4 is 9.47 Å². The highest BCUT2D eigenvalue weighted by atomic mass is 35.6. The second-order valence-electron chi connectivity index (χ2n) is 5.81. The number of carbonyl (C=O) groups excluding carboxylic acids is 1. The van der Waals surface area contributed by atoms with Crippen LogP contribution in [0.15, 0.2) is 18.2 Å². The molecule has 0 radical (unpaired) electrons. The van der Waals surface area contributed by atoms with Crippen molar-refractivity contribution in [3.63, 3.8) is 0 Å². The Labute approximate surface area is 211 Å². The maximum Gasteiger partial charge on any atom is 0.317 e. The van der Waals surface area contributed by atoms with E-state index in [-0.39, 0.29) is 36.4 Å². The maximum atomic E-state index is 11.3. The normalized spacial score (nSPS) is 11.7. The van der Waals surface area contributed by atoms with Crippen molar-refractivity contribution in [2.24, 2.45) is 0 Å². The molecule has 0 spiro atoms. The number of ether oxygens (including phenoxy) is 3. The van der Waals surface area contributed by atoms with Crippen LogP contribution in [0, 0.1) is 0 Å². The highest BCUT2D eigenvalue weighted by Gasteiger charge is 2.34. The molecule has 0 aliphatic rings. The summed E-state index contributed by atoms with van der Waals surface area (Å²) in [6.07, 6.45) is -0.755. The number of hydrogen-bond donors (Lipinski definition) is 1. The van der Waals surface area contributed by atoms with E-state index in [0.717, 1.165) is 0 Å².